The minimum atomic E-state index is -0.579. The van der Waals surface area contributed by atoms with Crippen LogP contribution in [-0.4, -0.2) is 19.3 Å². The Morgan fingerprint density at radius 1 is 1.31 bits per heavy atom. The molecule has 0 atom stereocenters. The number of hydrogen-bond donors (Lipinski definition) is 1. The van der Waals surface area contributed by atoms with Crippen LogP contribution in [0.5, 0.6) is 11.5 Å². The molecule has 0 aromatic heterocycles. The molecule has 0 aliphatic carbocycles. The summed E-state index contributed by atoms with van der Waals surface area (Å²) in [5.74, 6) is -0.240. The van der Waals surface area contributed by atoms with E-state index in [2.05, 4.69) is 0 Å². The Morgan fingerprint density at radius 2 is 2.00 bits per heavy atom. The summed E-state index contributed by atoms with van der Waals surface area (Å²) in [5.41, 5.74) is 0.192. The second kappa shape index (κ2) is 4.09. The van der Waals surface area contributed by atoms with Crippen LogP contribution in [0.25, 0.3) is 0 Å². The Morgan fingerprint density at radius 3 is 2.46 bits per heavy atom. The van der Waals surface area contributed by atoms with Gasteiger partial charge < -0.3 is 14.6 Å². The molecule has 3 nitrogen and oxygen atoms in total. The molecule has 13 heavy (non-hydrogen) atoms. The second-order valence-electron chi connectivity index (χ2n) is 2.43. The molecule has 1 aromatic rings. The van der Waals surface area contributed by atoms with Crippen molar-refractivity contribution in [2.45, 2.75) is 6.61 Å². The van der Waals surface area contributed by atoms with Crippen molar-refractivity contribution < 1.29 is 19.0 Å². The largest absolute Gasteiger partial charge is 0.493 e. The van der Waals surface area contributed by atoms with Crippen LogP contribution in [0.15, 0.2) is 12.1 Å². The van der Waals surface area contributed by atoms with Gasteiger partial charge in [0.25, 0.3) is 0 Å². The number of benzene rings is 1. The summed E-state index contributed by atoms with van der Waals surface area (Å²) >= 11 is 0. The molecule has 4 heteroatoms. The van der Waals surface area contributed by atoms with Crippen LogP contribution in [-0.2, 0) is 6.61 Å². The Kier molecular flexibility index (Phi) is 3.08. The molecule has 0 unspecified atom stereocenters. The zero-order valence-electron chi connectivity index (χ0n) is 7.50. The van der Waals surface area contributed by atoms with Gasteiger partial charge >= 0.3 is 0 Å². The summed E-state index contributed by atoms with van der Waals surface area (Å²) in [6.45, 7) is -0.355. The monoisotopic (exact) mass is 186 g/mol. The lowest BCUT2D eigenvalue weighted by Crippen LogP contribution is -1.98. The SMILES string of the molecule is COc1ccc(CO)c(F)c1OC. The van der Waals surface area contributed by atoms with Gasteiger partial charge in [-0.05, 0) is 12.1 Å². The van der Waals surface area contributed by atoms with Gasteiger partial charge in [-0.25, -0.2) is 4.39 Å². The summed E-state index contributed by atoms with van der Waals surface area (Å²) in [4.78, 5) is 0. The van der Waals surface area contributed by atoms with Crippen molar-refractivity contribution in [1.29, 1.82) is 0 Å². The van der Waals surface area contributed by atoms with E-state index >= 15 is 0 Å². The molecular formula is C9H11FO3. The molecule has 0 aliphatic rings. The smallest absolute Gasteiger partial charge is 0.197 e. The van der Waals surface area contributed by atoms with Gasteiger partial charge in [-0.1, -0.05) is 0 Å². The molecule has 0 saturated carbocycles. The summed E-state index contributed by atoms with van der Waals surface area (Å²) in [6, 6.07) is 3.00. The highest BCUT2D eigenvalue weighted by molar-refractivity contribution is 5.44. The zero-order valence-corrected chi connectivity index (χ0v) is 7.50. The van der Waals surface area contributed by atoms with Gasteiger partial charge in [-0.15, -0.1) is 0 Å². The summed E-state index contributed by atoms with van der Waals surface area (Å²) in [7, 11) is 2.78. The van der Waals surface area contributed by atoms with Crippen LogP contribution in [0.3, 0.4) is 0 Å². The molecule has 0 aliphatic heterocycles. The summed E-state index contributed by atoms with van der Waals surface area (Å²) < 4.78 is 23.0. The molecule has 1 N–H and O–H groups in total. The predicted molar refractivity (Wildman–Crippen MR) is 45.4 cm³/mol. The molecule has 0 bridgehead atoms. The molecule has 0 fully saturated rings. The van der Waals surface area contributed by atoms with Crippen molar-refractivity contribution in [3.8, 4) is 11.5 Å². The molecule has 0 spiro atoms. The lowest BCUT2D eigenvalue weighted by atomic mass is 10.2. The Labute approximate surface area is 75.7 Å². The van der Waals surface area contributed by atoms with E-state index < -0.39 is 5.82 Å². The average molecular weight is 186 g/mol. The minimum absolute atomic E-state index is 0.0223. The quantitative estimate of drug-likeness (QED) is 0.774. The topological polar surface area (TPSA) is 38.7 Å². The van der Waals surface area contributed by atoms with Crippen LogP contribution < -0.4 is 9.47 Å². The van der Waals surface area contributed by atoms with E-state index in [9.17, 15) is 4.39 Å². The van der Waals surface area contributed by atoms with E-state index in [-0.39, 0.29) is 17.9 Å². The van der Waals surface area contributed by atoms with E-state index in [1.165, 1.54) is 20.3 Å². The summed E-state index contributed by atoms with van der Waals surface area (Å²) in [5, 5.41) is 8.77. The maximum absolute atomic E-state index is 13.4. The van der Waals surface area contributed by atoms with E-state index in [0.717, 1.165) is 0 Å². The molecule has 0 saturated heterocycles. The molecule has 1 aromatic carbocycles. The number of aliphatic hydroxyl groups is 1. The fourth-order valence-corrected chi connectivity index (χ4v) is 1.05. The van der Waals surface area contributed by atoms with E-state index in [1.807, 2.05) is 0 Å². The highest BCUT2D eigenvalue weighted by atomic mass is 19.1. The van der Waals surface area contributed by atoms with Crippen LogP contribution in [0, 0.1) is 5.82 Å². The third kappa shape index (κ3) is 1.72. The standard InChI is InChI=1S/C9H11FO3/c1-12-7-4-3-6(5-11)8(10)9(7)13-2/h3-4,11H,5H2,1-2H3. The average Bonchev–Trinajstić information content (AvgIpc) is 2.17. The van der Waals surface area contributed by atoms with Gasteiger partial charge in [0.1, 0.15) is 0 Å². The van der Waals surface area contributed by atoms with Gasteiger partial charge in [0, 0.05) is 5.56 Å². The molecule has 0 heterocycles. The maximum atomic E-state index is 13.4. The molecule has 0 radical (unpaired) electrons. The lowest BCUT2D eigenvalue weighted by Gasteiger charge is -2.09. The number of rotatable bonds is 3. The van der Waals surface area contributed by atoms with Gasteiger partial charge in [-0.3, -0.25) is 0 Å². The number of methoxy groups -OCH3 is 2. The molecule has 72 valence electrons. The highest BCUT2D eigenvalue weighted by Gasteiger charge is 2.13. The number of halogens is 1. The second-order valence-corrected chi connectivity index (χ2v) is 2.43. The minimum Gasteiger partial charge on any atom is -0.493 e. The normalized spacial score (nSPS) is 9.85. The van der Waals surface area contributed by atoms with E-state index in [4.69, 9.17) is 14.6 Å². The van der Waals surface area contributed by atoms with Gasteiger partial charge in [-0.2, -0.15) is 0 Å². The van der Waals surface area contributed by atoms with Crippen LogP contribution in [0.1, 0.15) is 5.56 Å². The number of ether oxygens (including phenoxy) is 2. The molecule has 1 rings (SSSR count). The first-order chi connectivity index (χ1) is 6.24. The molecular weight excluding hydrogens is 175 g/mol. The molecule has 0 amide bonds. The third-order valence-electron chi connectivity index (χ3n) is 1.74. The first-order valence-corrected chi connectivity index (χ1v) is 3.74. The van der Waals surface area contributed by atoms with Gasteiger partial charge in [0.2, 0.25) is 0 Å². The first kappa shape index (κ1) is 9.80. The van der Waals surface area contributed by atoms with Crippen molar-refractivity contribution in [1.82, 2.24) is 0 Å². The highest BCUT2D eigenvalue weighted by Crippen LogP contribution is 2.31. The van der Waals surface area contributed by atoms with Crippen LogP contribution >= 0.6 is 0 Å². The maximum Gasteiger partial charge on any atom is 0.197 e. The Hall–Kier alpha value is -1.29. The number of aliphatic hydroxyl groups excluding tert-OH is 1. The van der Waals surface area contributed by atoms with Crippen molar-refractivity contribution in [2.24, 2.45) is 0 Å². The van der Waals surface area contributed by atoms with Crippen LogP contribution in [0.2, 0.25) is 0 Å². The summed E-state index contributed by atoms with van der Waals surface area (Å²) in [6.07, 6.45) is 0. The number of hydrogen-bond acceptors (Lipinski definition) is 3. The third-order valence-corrected chi connectivity index (χ3v) is 1.74. The van der Waals surface area contributed by atoms with Crippen molar-refractivity contribution in [3.63, 3.8) is 0 Å². The first-order valence-electron chi connectivity index (χ1n) is 3.74. The fraction of sp³-hybridized carbons (Fsp3) is 0.333. The van der Waals surface area contributed by atoms with Crippen molar-refractivity contribution >= 4 is 0 Å². The van der Waals surface area contributed by atoms with E-state index in [0.29, 0.717) is 5.75 Å². The lowest BCUT2D eigenvalue weighted by molar-refractivity contribution is 0.270. The van der Waals surface area contributed by atoms with Crippen molar-refractivity contribution in [3.05, 3.63) is 23.5 Å². The predicted octanol–water partition coefficient (Wildman–Crippen LogP) is 1.34. The fourth-order valence-electron chi connectivity index (χ4n) is 1.05. The van der Waals surface area contributed by atoms with E-state index in [1.54, 1.807) is 6.07 Å². The van der Waals surface area contributed by atoms with Gasteiger partial charge in [0.05, 0.1) is 20.8 Å². The van der Waals surface area contributed by atoms with Crippen molar-refractivity contribution in [2.75, 3.05) is 14.2 Å². The van der Waals surface area contributed by atoms with Crippen LogP contribution in [0.4, 0.5) is 4.39 Å². The Balaban J connectivity index is 3.23. The zero-order chi connectivity index (χ0) is 9.84. The Bertz CT molecular complexity index is 299. The van der Waals surface area contributed by atoms with Gasteiger partial charge in [0.15, 0.2) is 17.3 Å².